The van der Waals surface area contributed by atoms with Gasteiger partial charge in [-0.05, 0) is 42.8 Å². The third-order valence-corrected chi connectivity index (χ3v) is 5.46. The molecular weight excluding hydrogens is 360 g/mol. The third kappa shape index (κ3) is 3.08. The van der Waals surface area contributed by atoms with Gasteiger partial charge >= 0.3 is 11.7 Å². The Hall–Kier alpha value is -3.07. The van der Waals surface area contributed by atoms with E-state index >= 15 is 0 Å². The zero-order valence-electron chi connectivity index (χ0n) is 14.3. The van der Waals surface area contributed by atoms with Crippen LogP contribution in [-0.2, 0) is 21.8 Å². The number of methoxy groups -OCH3 is 1. The van der Waals surface area contributed by atoms with E-state index in [4.69, 9.17) is 4.42 Å². The first-order valence-corrected chi connectivity index (χ1v) is 9.02. The lowest BCUT2D eigenvalue weighted by Crippen LogP contribution is -2.14. The van der Waals surface area contributed by atoms with Crippen LogP contribution in [0.15, 0.2) is 50.5 Å². The number of nitrogens with one attached hydrogen (secondary N) is 1. The van der Waals surface area contributed by atoms with E-state index in [-0.39, 0.29) is 16.2 Å². The van der Waals surface area contributed by atoms with Gasteiger partial charge in [0.2, 0.25) is 0 Å². The summed E-state index contributed by atoms with van der Waals surface area (Å²) < 4.78 is 38.8. The summed E-state index contributed by atoms with van der Waals surface area (Å²) in [4.78, 5) is 23.0. The van der Waals surface area contributed by atoms with Gasteiger partial charge in [0, 0.05) is 18.8 Å². The summed E-state index contributed by atoms with van der Waals surface area (Å²) in [5.41, 5.74) is 1.75. The van der Waals surface area contributed by atoms with Gasteiger partial charge in [-0.1, -0.05) is 0 Å². The lowest BCUT2D eigenvalue weighted by Gasteiger charge is -2.11. The monoisotopic (exact) mass is 376 g/mol. The lowest BCUT2D eigenvalue weighted by molar-refractivity contribution is 0.0601. The Labute approximate surface area is 149 Å². The molecule has 0 amide bonds. The van der Waals surface area contributed by atoms with E-state index < -0.39 is 21.7 Å². The molecule has 0 unspecified atom stereocenters. The summed E-state index contributed by atoms with van der Waals surface area (Å²) >= 11 is 0. The van der Waals surface area contributed by atoms with Crippen molar-refractivity contribution in [1.29, 1.82) is 0 Å². The van der Waals surface area contributed by atoms with E-state index in [2.05, 4.69) is 9.46 Å². The maximum atomic E-state index is 12.7. The predicted octanol–water partition coefficient (Wildman–Crippen LogP) is 2.03. The molecule has 8 nitrogen and oxygen atoms in total. The highest BCUT2D eigenvalue weighted by molar-refractivity contribution is 7.92. The number of sulfonamides is 1. The largest absolute Gasteiger partial charge is 0.465 e. The van der Waals surface area contributed by atoms with Crippen molar-refractivity contribution >= 4 is 32.8 Å². The number of fused-ring (bicyclic) bond motifs is 1. The summed E-state index contributed by atoms with van der Waals surface area (Å²) in [6.45, 7) is 1.63. The van der Waals surface area contributed by atoms with Gasteiger partial charge in [-0.3, -0.25) is 9.29 Å². The number of nitrogens with zero attached hydrogens (tertiary/aromatic N) is 1. The number of hydrogen-bond acceptors (Lipinski definition) is 6. The van der Waals surface area contributed by atoms with Crippen molar-refractivity contribution in [3.63, 3.8) is 0 Å². The van der Waals surface area contributed by atoms with Crippen LogP contribution in [0.3, 0.4) is 0 Å². The molecule has 0 radical (unpaired) electrons. The molecule has 0 aliphatic carbocycles. The molecule has 1 aromatic heterocycles. The van der Waals surface area contributed by atoms with Gasteiger partial charge < -0.3 is 9.15 Å². The molecule has 9 heteroatoms. The Bertz CT molecular complexity index is 1160. The zero-order chi connectivity index (χ0) is 19.1. The summed E-state index contributed by atoms with van der Waals surface area (Å²) in [5, 5.41) is 0. The average molecular weight is 376 g/mol. The number of hydrogen-bond donors (Lipinski definition) is 1. The van der Waals surface area contributed by atoms with Gasteiger partial charge in [-0.15, -0.1) is 0 Å². The van der Waals surface area contributed by atoms with Crippen molar-refractivity contribution in [2.24, 2.45) is 7.05 Å². The minimum atomic E-state index is -3.92. The SMILES string of the molecule is COC(=O)c1ccc(NS(=O)(=O)c2cc3oc(=O)n(C)c3cc2C)cc1. The molecule has 0 aliphatic heterocycles. The van der Waals surface area contributed by atoms with Crippen LogP contribution < -0.4 is 10.5 Å². The molecule has 0 saturated heterocycles. The predicted molar refractivity (Wildman–Crippen MR) is 94.8 cm³/mol. The van der Waals surface area contributed by atoms with Crippen LogP contribution >= 0.6 is 0 Å². The number of esters is 1. The lowest BCUT2D eigenvalue weighted by atomic mass is 10.2. The standard InChI is InChI=1S/C17H16N2O6S/c1-10-8-13-14(25-17(21)19(13)2)9-15(10)26(22,23)18-12-6-4-11(5-7-12)16(20)24-3/h4-9,18H,1-3H3. The van der Waals surface area contributed by atoms with Crippen LogP contribution in [0.25, 0.3) is 11.1 Å². The van der Waals surface area contributed by atoms with Gasteiger partial charge in [0.15, 0.2) is 5.58 Å². The normalized spacial score (nSPS) is 11.5. The molecule has 1 N–H and O–H groups in total. The zero-order valence-corrected chi connectivity index (χ0v) is 15.1. The third-order valence-electron chi connectivity index (χ3n) is 3.94. The molecule has 0 aliphatic rings. The Morgan fingerprint density at radius 1 is 1.19 bits per heavy atom. The molecule has 0 bridgehead atoms. The van der Waals surface area contributed by atoms with Crippen molar-refractivity contribution in [1.82, 2.24) is 4.57 Å². The molecule has 0 fully saturated rings. The maximum Gasteiger partial charge on any atom is 0.419 e. The molecule has 2 aromatic carbocycles. The molecule has 1 heterocycles. The van der Waals surface area contributed by atoms with Crippen LogP contribution in [0.1, 0.15) is 15.9 Å². The fraction of sp³-hybridized carbons (Fsp3) is 0.176. The number of rotatable bonds is 4. The molecule has 0 saturated carbocycles. The van der Waals surface area contributed by atoms with Crippen LogP contribution in [0.2, 0.25) is 0 Å². The second kappa shape index (κ2) is 6.34. The fourth-order valence-electron chi connectivity index (χ4n) is 2.55. The Morgan fingerprint density at radius 2 is 1.85 bits per heavy atom. The molecule has 3 rings (SSSR count). The van der Waals surface area contributed by atoms with E-state index in [9.17, 15) is 18.0 Å². The Balaban J connectivity index is 1.98. The smallest absolute Gasteiger partial charge is 0.419 e. The van der Waals surface area contributed by atoms with E-state index in [0.29, 0.717) is 16.6 Å². The van der Waals surface area contributed by atoms with Gasteiger partial charge in [0.05, 0.1) is 23.1 Å². The van der Waals surface area contributed by atoms with Gasteiger partial charge in [0.1, 0.15) is 0 Å². The number of aromatic nitrogens is 1. The van der Waals surface area contributed by atoms with Gasteiger partial charge in [-0.25, -0.2) is 18.0 Å². The van der Waals surface area contributed by atoms with Crippen molar-refractivity contribution in [3.8, 4) is 0 Å². The van der Waals surface area contributed by atoms with Gasteiger partial charge in [-0.2, -0.15) is 0 Å². The van der Waals surface area contributed by atoms with Crippen molar-refractivity contribution in [2.75, 3.05) is 11.8 Å². The highest BCUT2D eigenvalue weighted by Crippen LogP contribution is 2.24. The molecule has 26 heavy (non-hydrogen) atoms. The number of anilines is 1. The average Bonchev–Trinajstić information content (AvgIpc) is 2.88. The fourth-order valence-corrected chi connectivity index (χ4v) is 3.85. The summed E-state index contributed by atoms with van der Waals surface area (Å²) in [5.74, 6) is -1.08. The second-order valence-electron chi connectivity index (χ2n) is 5.69. The molecule has 0 spiro atoms. The minimum absolute atomic E-state index is 0.00334. The quantitative estimate of drug-likeness (QED) is 0.698. The van der Waals surface area contributed by atoms with E-state index in [1.807, 2.05) is 0 Å². The first kappa shape index (κ1) is 17.7. The number of aryl methyl sites for hydroxylation is 2. The van der Waals surface area contributed by atoms with Crippen LogP contribution in [0.5, 0.6) is 0 Å². The first-order chi connectivity index (χ1) is 12.2. The number of carbonyl (C=O) groups excluding carboxylic acids is 1. The number of carbonyl (C=O) groups is 1. The summed E-state index contributed by atoms with van der Waals surface area (Å²) in [7, 11) is -1.11. The number of oxazole rings is 1. The first-order valence-electron chi connectivity index (χ1n) is 7.54. The van der Waals surface area contributed by atoms with E-state index in [1.165, 1.54) is 42.0 Å². The highest BCUT2D eigenvalue weighted by Gasteiger charge is 2.20. The van der Waals surface area contributed by atoms with Crippen molar-refractivity contribution in [3.05, 3.63) is 58.1 Å². The second-order valence-corrected chi connectivity index (χ2v) is 7.34. The van der Waals surface area contributed by atoms with Gasteiger partial charge in [0.25, 0.3) is 10.0 Å². The molecule has 0 atom stereocenters. The number of benzene rings is 2. The topological polar surface area (TPSA) is 108 Å². The highest BCUT2D eigenvalue weighted by atomic mass is 32.2. The Kier molecular flexibility index (Phi) is 4.33. The van der Waals surface area contributed by atoms with Crippen LogP contribution in [0.4, 0.5) is 5.69 Å². The van der Waals surface area contributed by atoms with Crippen LogP contribution in [0, 0.1) is 6.92 Å². The molecular formula is C17H16N2O6S. The molecule has 3 aromatic rings. The molecule has 136 valence electrons. The number of ether oxygens (including phenoxy) is 1. The van der Waals surface area contributed by atoms with E-state index in [1.54, 1.807) is 20.0 Å². The summed E-state index contributed by atoms with van der Waals surface area (Å²) in [6.07, 6.45) is 0. The summed E-state index contributed by atoms with van der Waals surface area (Å²) in [6, 6.07) is 8.72. The Morgan fingerprint density at radius 3 is 2.46 bits per heavy atom. The minimum Gasteiger partial charge on any atom is -0.465 e. The van der Waals surface area contributed by atoms with Crippen LogP contribution in [-0.4, -0.2) is 26.1 Å². The maximum absolute atomic E-state index is 12.7. The van der Waals surface area contributed by atoms with E-state index in [0.717, 1.165) is 0 Å². The van der Waals surface area contributed by atoms with Crippen molar-refractivity contribution in [2.45, 2.75) is 11.8 Å². The van der Waals surface area contributed by atoms with Crippen molar-refractivity contribution < 1.29 is 22.4 Å².